The van der Waals surface area contributed by atoms with E-state index in [1.54, 1.807) is 20.3 Å². The zero-order chi connectivity index (χ0) is 23.9. The average molecular weight is 465 g/mol. The van der Waals surface area contributed by atoms with Crippen molar-refractivity contribution in [3.8, 4) is 11.5 Å². The van der Waals surface area contributed by atoms with Crippen LogP contribution >= 0.6 is 0 Å². The Bertz CT molecular complexity index is 1280. The van der Waals surface area contributed by atoms with Crippen molar-refractivity contribution in [2.45, 2.75) is 31.4 Å². The second-order valence-electron chi connectivity index (χ2n) is 8.78. The van der Waals surface area contributed by atoms with Gasteiger partial charge in [0, 0.05) is 24.7 Å². The van der Waals surface area contributed by atoms with Gasteiger partial charge in [-0.2, -0.15) is 4.98 Å². The van der Waals surface area contributed by atoms with Crippen LogP contribution in [0.2, 0.25) is 0 Å². The largest absolute Gasteiger partial charge is 0.493 e. The van der Waals surface area contributed by atoms with Crippen molar-refractivity contribution >= 4 is 22.8 Å². The van der Waals surface area contributed by atoms with Crippen molar-refractivity contribution in [3.05, 3.63) is 57.9 Å². The summed E-state index contributed by atoms with van der Waals surface area (Å²) < 4.78 is 17.1. The Hall–Kier alpha value is -3.59. The third-order valence-electron chi connectivity index (χ3n) is 6.94. The summed E-state index contributed by atoms with van der Waals surface area (Å²) in [5.41, 5.74) is 1.54. The van der Waals surface area contributed by atoms with Crippen LogP contribution in [0.15, 0.2) is 41.2 Å². The number of hydrogen-bond acceptors (Lipinski definition) is 7. The van der Waals surface area contributed by atoms with E-state index in [4.69, 9.17) is 14.2 Å². The number of rotatable bonds is 4. The monoisotopic (exact) mass is 464 g/mol. The van der Waals surface area contributed by atoms with Crippen molar-refractivity contribution in [2.24, 2.45) is 0 Å². The number of hydrogen-bond donors (Lipinski definition) is 2. The summed E-state index contributed by atoms with van der Waals surface area (Å²) in [5.74, 6) is 1.48. The van der Waals surface area contributed by atoms with E-state index in [-0.39, 0.29) is 24.1 Å². The molecule has 34 heavy (non-hydrogen) atoms. The van der Waals surface area contributed by atoms with Gasteiger partial charge in [-0.1, -0.05) is 30.3 Å². The molecule has 2 N–H and O–H groups in total. The van der Waals surface area contributed by atoms with Gasteiger partial charge in [0.25, 0.3) is 5.56 Å². The Labute approximate surface area is 197 Å². The van der Waals surface area contributed by atoms with E-state index in [0.29, 0.717) is 59.8 Å². The fourth-order valence-corrected chi connectivity index (χ4v) is 5.19. The first-order chi connectivity index (χ1) is 16.5. The Morgan fingerprint density at radius 3 is 2.53 bits per heavy atom. The van der Waals surface area contributed by atoms with Gasteiger partial charge in [-0.3, -0.25) is 9.59 Å². The number of aromatic amines is 1. The summed E-state index contributed by atoms with van der Waals surface area (Å²) in [5, 5.41) is 3.61. The van der Waals surface area contributed by atoms with Gasteiger partial charge in [0.2, 0.25) is 11.9 Å². The Balaban J connectivity index is 1.45. The van der Waals surface area contributed by atoms with Crippen LogP contribution in [-0.2, 0) is 9.53 Å². The number of amides is 1. The first-order valence-corrected chi connectivity index (χ1v) is 11.3. The molecule has 0 radical (unpaired) electrons. The van der Waals surface area contributed by atoms with Crippen LogP contribution in [0.4, 0.5) is 5.95 Å². The molecular weight excluding hydrogens is 436 g/mol. The van der Waals surface area contributed by atoms with Gasteiger partial charge in [-0.15, -0.1) is 0 Å². The third kappa shape index (κ3) is 3.66. The minimum Gasteiger partial charge on any atom is -0.493 e. The summed E-state index contributed by atoms with van der Waals surface area (Å²) in [6, 6.07) is 11.5. The predicted octanol–water partition coefficient (Wildman–Crippen LogP) is 2.48. The number of aromatic nitrogens is 2. The van der Waals surface area contributed by atoms with Gasteiger partial charge < -0.3 is 29.4 Å². The molecule has 3 aromatic rings. The van der Waals surface area contributed by atoms with E-state index in [2.05, 4.69) is 20.2 Å². The summed E-state index contributed by atoms with van der Waals surface area (Å²) >= 11 is 0. The number of nitrogens with zero attached hydrogens (tertiary/aromatic N) is 2. The Morgan fingerprint density at radius 1 is 1.12 bits per heavy atom. The normalized spacial score (nSPS) is 19.8. The molecule has 9 nitrogen and oxygen atoms in total. The van der Waals surface area contributed by atoms with Crippen LogP contribution in [0.25, 0.3) is 10.9 Å². The zero-order valence-corrected chi connectivity index (χ0v) is 19.5. The molecule has 2 fully saturated rings. The first-order valence-electron chi connectivity index (χ1n) is 11.3. The SMILES string of the molecule is COc1cc2[nH]c(N3CCC4(CC3)OCC(=O)NC4c3ccccc3)nc(=O)c2c(C)c1OC. The van der Waals surface area contributed by atoms with Crippen molar-refractivity contribution in [2.75, 3.05) is 38.8 Å². The highest BCUT2D eigenvalue weighted by Crippen LogP contribution is 2.41. The molecule has 2 aromatic carbocycles. The molecule has 2 aliphatic heterocycles. The van der Waals surface area contributed by atoms with E-state index in [1.807, 2.05) is 37.3 Å². The smallest absolute Gasteiger partial charge is 0.282 e. The summed E-state index contributed by atoms with van der Waals surface area (Å²) in [4.78, 5) is 34.8. The molecule has 2 aliphatic rings. The summed E-state index contributed by atoms with van der Waals surface area (Å²) in [6.07, 6.45) is 1.36. The number of piperidine rings is 1. The third-order valence-corrected chi connectivity index (χ3v) is 6.94. The predicted molar refractivity (Wildman–Crippen MR) is 128 cm³/mol. The number of carbonyl (C=O) groups excluding carboxylic acids is 1. The van der Waals surface area contributed by atoms with E-state index in [9.17, 15) is 9.59 Å². The number of aryl methyl sites for hydroxylation is 1. The van der Waals surface area contributed by atoms with Crippen molar-refractivity contribution in [3.63, 3.8) is 0 Å². The van der Waals surface area contributed by atoms with Crippen LogP contribution in [0.3, 0.4) is 0 Å². The second kappa shape index (κ2) is 8.64. The number of anilines is 1. The van der Waals surface area contributed by atoms with Crippen molar-refractivity contribution in [1.29, 1.82) is 0 Å². The molecule has 0 saturated carbocycles. The van der Waals surface area contributed by atoms with E-state index >= 15 is 0 Å². The van der Waals surface area contributed by atoms with Gasteiger partial charge in [0.15, 0.2) is 11.5 Å². The van der Waals surface area contributed by atoms with Gasteiger partial charge >= 0.3 is 0 Å². The molecule has 0 aliphatic carbocycles. The molecule has 0 bridgehead atoms. The van der Waals surface area contributed by atoms with Crippen LogP contribution in [0.1, 0.15) is 30.0 Å². The van der Waals surface area contributed by atoms with E-state index in [1.165, 1.54) is 0 Å². The quantitative estimate of drug-likeness (QED) is 0.611. The number of fused-ring (bicyclic) bond motifs is 1. The number of benzene rings is 2. The molecule has 9 heteroatoms. The molecule has 1 spiro atoms. The lowest BCUT2D eigenvalue weighted by Crippen LogP contribution is -2.59. The molecule has 1 amide bonds. The van der Waals surface area contributed by atoms with Crippen LogP contribution < -0.4 is 25.2 Å². The van der Waals surface area contributed by atoms with Gasteiger partial charge in [0.05, 0.1) is 36.8 Å². The number of morpholine rings is 1. The standard InChI is InChI=1S/C25H28N4O5/c1-15-20-17(13-18(32-2)21(15)33-3)26-24(28-23(20)31)29-11-9-25(10-12-29)22(27-19(30)14-34-25)16-7-5-4-6-8-16/h4-8,13,22H,9-12,14H2,1-3H3,(H,27,30)(H,26,28,31). The molecule has 5 rings (SSSR count). The number of H-pyrrole nitrogens is 1. The average Bonchev–Trinajstić information content (AvgIpc) is 2.86. The topological polar surface area (TPSA) is 106 Å². The molecule has 178 valence electrons. The van der Waals surface area contributed by atoms with Gasteiger partial charge in [0.1, 0.15) is 6.61 Å². The second-order valence-corrected chi connectivity index (χ2v) is 8.78. The first kappa shape index (κ1) is 22.2. The highest BCUT2D eigenvalue weighted by Gasteiger charge is 2.47. The summed E-state index contributed by atoms with van der Waals surface area (Å²) in [6.45, 7) is 3.12. The maximum absolute atomic E-state index is 13.0. The molecular formula is C25H28N4O5. The number of nitrogens with one attached hydrogen (secondary N) is 2. The zero-order valence-electron chi connectivity index (χ0n) is 19.5. The highest BCUT2D eigenvalue weighted by atomic mass is 16.5. The molecule has 1 atom stereocenters. The van der Waals surface area contributed by atoms with E-state index < -0.39 is 5.60 Å². The number of methoxy groups -OCH3 is 2. The van der Waals surface area contributed by atoms with Crippen molar-refractivity contribution < 1.29 is 19.0 Å². The minimum absolute atomic E-state index is 0.0509. The lowest BCUT2D eigenvalue weighted by atomic mass is 9.79. The molecule has 1 unspecified atom stereocenters. The summed E-state index contributed by atoms with van der Waals surface area (Å²) in [7, 11) is 3.12. The maximum Gasteiger partial charge on any atom is 0.282 e. The lowest BCUT2D eigenvalue weighted by molar-refractivity contribution is -0.156. The van der Waals surface area contributed by atoms with Gasteiger partial charge in [-0.05, 0) is 25.3 Å². The van der Waals surface area contributed by atoms with Crippen molar-refractivity contribution in [1.82, 2.24) is 15.3 Å². The minimum atomic E-state index is -0.504. The maximum atomic E-state index is 13.0. The van der Waals surface area contributed by atoms with Gasteiger partial charge in [-0.25, -0.2) is 0 Å². The fourth-order valence-electron chi connectivity index (χ4n) is 5.19. The lowest BCUT2D eigenvalue weighted by Gasteiger charge is -2.48. The number of ether oxygens (including phenoxy) is 3. The van der Waals surface area contributed by atoms with E-state index in [0.717, 1.165) is 5.56 Å². The Kier molecular flexibility index (Phi) is 5.65. The molecule has 3 heterocycles. The number of carbonyl (C=O) groups is 1. The molecule has 1 aromatic heterocycles. The fraction of sp³-hybridized carbons (Fsp3) is 0.400. The molecule has 2 saturated heterocycles. The highest BCUT2D eigenvalue weighted by molar-refractivity contribution is 5.87. The van der Waals surface area contributed by atoms with Crippen LogP contribution in [0, 0.1) is 6.92 Å². The Morgan fingerprint density at radius 2 is 1.85 bits per heavy atom. The van der Waals surface area contributed by atoms with Crippen LogP contribution in [0.5, 0.6) is 11.5 Å². The van der Waals surface area contributed by atoms with Crippen LogP contribution in [-0.4, -0.2) is 55.4 Å².